The largest absolute Gasteiger partial charge is 0.493 e. The van der Waals surface area contributed by atoms with Gasteiger partial charge in [0.25, 0.3) is 5.91 Å². The first-order valence-electron chi connectivity index (χ1n) is 12.7. The van der Waals surface area contributed by atoms with Crippen LogP contribution >= 0.6 is 0 Å². The zero-order chi connectivity index (χ0) is 25.5. The molecule has 2 amide bonds. The van der Waals surface area contributed by atoms with E-state index in [-0.39, 0.29) is 18.4 Å². The quantitative estimate of drug-likeness (QED) is 0.429. The van der Waals surface area contributed by atoms with Crippen molar-refractivity contribution in [2.75, 3.05) is 27.8 Å². The smallest absolute Gasteiger partial charge is 0.251 e. The van der Waals surface area contributed by atoms with Crippen molar-refractivity contribution in [3.05, 3.63) is 53.9 Å². The number of para-hydroxylation sites is 2. The summed E-state index contributed by atoms with van der Waals surface area (Å²) in [6, 6.07) is 13.4. The number of imidazole rings is 1. The SMILES string of the molecule is COc1ccc(C(=O)NCCCc2nc3ccccc3n2CC(=O)N(C)C2CCCCC2)cc1OC. The molecule has 0 radical (unpaired) electrons. The molecule has 0 atom stereocenters. The number of benzene rings is 2. The number of hydrogen-bond donors (Lipinski definition) is 1. The molecule has 1 aliphatic rings. The number of nitrogens with zero attached hydrogens (tertiary/aromatic N) is 3. The maximum atomic E-state index is 13.2. The van der Waals surface area contributed by atoms with E-state index in [2.05, 4.69) is 5.32 Å². The fourth-order valence-corrected chi connectivity index (χ4v) is 4.94. The summed E-state index contributed by atoms with van der Waals surface area (Å²) >= 11 is 0. The van der Waals surface area contributed by atoms with Crippen molar-refractivity contribution >= 4 is 22.8 Å². The van der Waals surface area contributed by atoms with E-state index in [1.165, 1.54) is 19.3 Å². The van der Waals surface area contributed by atoms with E-state index in [0.717, 1.165) is 29.7 Å². The lowest BCUT2D eigenvalue weighted by Crippen LogP contribution is -2.40. The minimum atomic E-state index is -0.172. The minimum Gasteiger partial charge on any atom is -0.493 e. The summed E-state index contributed by atoms with van der Waals surface area (Å²) in [5, 5.41) is 2.97. The number of amides is 2. The summed E-state index contributed by atoms with van der Waals surface area (Å²) in [4.78, 5) is 32.5. The molecule has 1 aromatic heterocycles. The normalized spacial score (nSPS) is 14.0. The first kappa shape index (κ1) is 25.5. The highest BCUT2D eigenvalue weighted by molar-refractivity contribution is 5.94. The molecule has 0 spiro atoms. The number of aryl methyl sites for hydroxylation is 1. The zero-order valence-electron chi connectivity index (χ0n) is 21.5. The van der Waals surface area contributed by atoms with Crippen molar-refractivity contribution < 1.29 is 19.1 Å². The molecule has 1 fully saturated rings. The first-order chi connectivity index (χ1) is 17.5. The number of likely N-dealkylation sites (N-methyl/N-ethyl adjacent to an activating group) is 1. The van der Waals surface area contributed by atoms with Crippen LogP contribution in [-0.2, 0) is 17.8 Å². The Kier molecular flexibility index (Phi) is 8.46. The molecule has 0 saturated heterocycles. The lowest BCUT2D eigenvalue weighted by atomic mass is 9.94. The number of carbonyl (C=O) groups excluding carboxylic acids is 2. The maximum absolute atomic E-state index is 13.2. The molecular formula is C28H36N4O4. The number of carbonyl (C=O) groups is 2. The number of rotatable bonds is 10. The third-order valence-electron chi connectivity index (χ3n) is 7.05. The second-order valence-corrected chi connectivity index (χ2v) is 9.33. The third kappa shape index (κ3) is 5.80. The lowest BCUT2D eigenvalue weighted by Gasteiger charge is -2.31. The van der Waals surface area contributed by atoms with Gasteiger partial charge in [-0.15, -0.1) is 0 Å². The molecule has 0 aliphatic heterocycles. The summed E-state index contributed by atoms with van der Waals surface area (Å²) in [7, 11) is 5.04. The van der Waals surface area contributed by atoms with Crippen LogP contribution in [0.15, 0.2) is 42.5 Å². The van der Waals surface area contributed by atoms with Gasteiger partial charge in [0.1, 0.15) is 12.4 Å². The molecule has 1 N–H and O–H groups in total. The molecule has 36 heavy (non-hydrogen) atoms. The Morgan fingerprint density at radius 3 is 2.56 bits per heavy atom. The standard InChI is InChI=1S/C28H36N4O4/c1-31(21-10-5-4-6-11-21)27(33)19-32-23-13-8-7-12-22(23)30-26(32)14-9-17-29-28(34)20-15-16-24(35-2)25(18-20)36-3/h7-8,12-13,15-16,18,21H,4-6,9-11,14,17,19H2,1-3H3,(H,29,34). The van der Waals surface area contributed by atoms with Gasteiger partial charge >= 0.3 is 0 Å². The molecule has 3 aromatic rings. The van der Waals surface area contributed by atoms with E-state index >= 15 is 0 Å². The fourth-order valence-electron chi connectivity index (χ4n) is 4.94. The van der Waals surface area contributed by atoms with E-state index < -0.39 is 0 Å². The van der Waals surface area contributed by atoms with Gasteiger partial charge in [0.15, 0.2) is 11.5 Å². The number of methoxy groups -OCH3 is 2. The van der Waals surface area contributed by atoms with E-state index in [4.69, 9.17) is 14.5 Å². The summed E-state index contributed by atoms with van der Waals surface area (Å²) in [6.45, 7) is 0.771. The van der Waals surface area contributed by atoms with Crippen LogP contribution in [0.2, 0.25) is 0 Å². The van der Waals surface area contributed by atoms with Gasteiger partial charge in [-0.2, -0.15) is 0 Å². The predicted octanol–water partition coefficient (Wildman–Crippen LogP) is 4.21. The molecule has 192 valence electrons. The van der Waals surface area contributed by atoms with Gasteiger partial charge in [-0.25, -0.2) is 4.98 Å². The summed E-state index contributed by atoms with van der Waals surface area (Å²) < 4.78 is 12.6. The molecule has 1 aliphatic carbocycles. The second-order valence-electron chi connectivity index (χ2n) is 9.33. The van der Waals surface area contributed by atoms with Gasteiger partial charge in [-0.05, 0) is 49.6 Å². The second kappa shape index (κ2) is 11.9. The van der Waals surface area contributed by atoms with Crippen molar-refractivity contribution in [2.45, 2.75) is 57.5 Å². The molecule has 1 heterocycles. The Morgan fingerprint density at radius 2 is 1.81 bits per heavy atom. The van der Waals surface area contributed by atoms with Crippen LogP contribution in [0, 0.1) is 0 Å². The molecule has 4 rings (SSSR count). The number of ether oxygens (including phenoxy) is 2. The zero-order valence-corrected chi connectivity index (χ0v) is 21.5. The molecular weight excluding hydrogens is 456 g/mol. The summed E-state index contributed by atoms with van der Waals surface area (Å²) in [5.74, 6) is 1.90. The number of aromatic nitrogens is 2. The minimum absolute atomic E-state index is 0.119. The van der Waals surface area contributed by atoms with Crippen molar-refractivity contribution in [3.8, 4) is 11.5 Å². The number of hydrogen-bond acceptors (Lipinski definition) is 5. The predicted molar refractivity (Wildman–Crippen MR) is 140 cm³/mol. The van der Waals surface area contributed by atoms with Gasteiger partial charge in [-0.3, -0.25) is 9.59 Å². The Balaban J connectivity index is 1.39. The Morgan fingerprint density at radius 1 is 1.06 bits per heavy atom. The average molecular weight is 493 g/mol. The van der Waals surface area contributed by atoms with E-state index in [1.54, 1.807) is 32.4 Å². The van der Waals surface area contributed by atoms with Gasteiger partial charge in [0.05, 0.1) is 25.3 Å². The highest BCUT2D eigenvalue weighted by atomic mass is 16.5. The highest BCUT2D eigenvalue weighted by Gasteiger charge is 2.23. The maximum Gasteiger partial charge on any atom is 0.251 e. The summed E-state index contributed by atoms with van der Waals surface area (Å²) in [5.41, 5.74) is 2.36. The lowest BCUT2D eigenvalue weighted by molar-refractivity contribution is -0.133. The van der Waals surface area contributed by atoms with E-state index in [0.29, 0.717) is 42.5 Å². The average Bonchev–Trinajstić information content (AvgIpc) is 3.27. The number of nitrogens with one attached hydrogen (secondary N) is 1. The van der Waals surface area contributed by atoms with Gasteiger partial charge in [0.2, 0.25) is 5.91 Å². The van der Waals surface area contributed by atoms with Crippen LogP contribution in [0.1, 0.15) is 54.7 Å². The van der Waals surface area contributed by atoms with E-state index in [1.807, 2.05) is 40.8 Å². The first-order valence-corrected chi connectivity index (χ1v) is 12.7. The van der Waals surface area contributed by atoms with E-state index in [9.17, 15) is 9.59 Å². The van der Waals surface area contributed by atoms with Gasteiger partial charge in [-0.1, -0.05) is 31.4 Å². The Bertz CT molecular complexity index is 1200. The molecule has 2 aromatic carbocycles. The third-order valence-corrected chi connectivity index (χ3v) is 7.05. The number of fused-ring (bicyclic) bond motifs is 1. The van der Waals surface area contributed by atoms with Gasteiger partial charge in [0, 0.05) is 31.6 Å². The molecule has 8 heteroatoms. The topological polar surface area (TPSA) is 85.7 Å². The Hall–Kier alpha value is -3.55. The van der Waals surface area contributed by atoms with Crippen LogP contribution in [0.4, 0.5) is 0 Å². The van der Waals surface area contributed by atoms with Crippen molar-refractivity contribution in [2.24, 2.45) is 0 Å². The van der Waals surface area contributed by atoms with Gasteiger partial charge < -0.3 is 24.3 Å². The summed E-state index contributed by atoms with van der Waals surface area (Å²) in [6.07, 6.45) is 7.17. The van der Waals surface area contributed by atoms with Crippen LogP contribution < -0.4 is 14.8 Å². The van der Waals surface area contributed by atoms with Crippen molar-refractivity contribution in [1.82, 2.24) is 19.8 Å². The fraction of sp³-hybridized carbons (Fsp3) is 0.464. The molecule has 0 bridgehead atoms. The molecule has 0 unspecified atom stereocenters. The van der Waals surface area contributed by atoms with Crippen molar-refractivity contribution in [1.29, 1.82) is 0 Å². The highest BCUT2D eigenvalue weighted by Crippen LogP contribution is 2.27. The van der Waals surface area contributed by atoms with Crippen LogP contribution in [0.3, 0.4) is 0 Å². The molecule has 1 saturated carbocycles. The van der Waals surface area contributed by atoms with Crippen molar-refractivity contribution in [3.63, 3.8) is 0 Å². The van der Waals surface area contributed by atoms with Crippen LogP contribution in [0.5, 0.6) is 11.5 Å². The van der Waals surface area contributed by atoms with Crippen LogP contribution in [0.25, 0.3) is 11.0 Å². The Labute approximate surface area is 212 Å². The van der Waals surface area contributed by atoms with Crippen LogP contribution in [-0.4, -0.2) is 60.1 Å². The molecule has 8 nitrogen and oxygen atoms in total. The monoisotopic (exact) mass is 492 g/mol.